The number of aromatic nitrogens is 1. The Morgan fingerprint density at radius 1 is 1.31 bits per heavy atom. The molecule has 1 aromatic heterocycles. The first kappa shape index (κ1) is 9.03. The molecule has 0 aliphatic heterocycles. The standard InChI is InChI=1S/C10H6Br2N/c11-8-1-2-9(10(12)5-8)7-3-4-13-6-7/h1,3-6,13H. The number of nitrogens with one attached hydrogen (secondary N) is 1. The summed E-state index contributed by atoms with van der Waals surface area (Å²) in [4.78, 5) is 3.02. The van der Waals surface area contributed by atoms with Crippen LogP contribution in [-0.2, 0) is 0 Å². The van der Waals surface area contributed by atoms with Crippen LogP contribution in [0.3, 0.4) is 0 Å². The van der Waals surface area contributed by atoms with Gasteiger partial charge in [-0.2, -0.15) is 0 Å². The fraction of sp³-hybridized carbons (Fsp3) is 0. The highest BCUT2D eigenvalue weighted by Gasteiger charge is 2.03. The van der Waals surface area contributed by atoms with E-state index in [9.17, 15) is 0 Å². The number of aromatic amines is 1. The zero-order valence-corrected chi connectivity index (χ0v) is 9.81. The largest absolute Gasteiger partial charge is 0.367 e. The Morgan fingerprint density at radius 2 is 2.15 bits per heavy atom. The highest BCUT2D eigenvalue weighted by atomic mass is 79.9. The van der Waals surface area contributed by atoms with E-state index in [1.807, 2.05) is 30.6 Å². The molecule has 1 radical (unpaired) electrons. The summed E-state index contributed by atoms with van der Waals surface area (Å²) in [7, 11) is 0. The first-order valence-corrected chi connectivity index (χ1v) is 5.36. The molecule has 3 heteroatoms. The molecule has 1 aromatic carbocycles. The lowest BCUT2D eigenvalue weighted by Crippen LogP contribution is -1.77. The molecule has 0 saturated heterocycles. The Balaban J connectivity index is 2.53. The van der Waals surface area contributed by atoms with Gasteiger partial charge in [-0.3, -0.25) is 0 Å². The van der Waals surface area contributed by atoms with Crippen LogP contribution in [0.25, 0.3) is 11.1 Å². The van der Waals surface area contributed by atoms with Crippen molar-refractivity contribution < 1.29 is 0 Å². The number of hydrogen-bond donors (Lipinski definition) is 1. The highest BCUT2D eigenvalue weighted by Crippen LogP contribution is 2.29. The number of hydrogen-bond acceptors (Lipinski definition) is 0. The lowest BCUT2D eigenvalue weighted by molar-refractivity contribution is 1.41. The zero-order chi connectivity index (χ0) is 9.26. The Hall–Kier alpha value is -0.540. The molecule has 0 atom stereocenters. The van der Waals surface area contributed by atoms with Gasteiger partial charge in [-0.1, -0.05) is 31.9 Å². The molecule has 0 unspecified atom stereocenters. The highest BCUT2D eigenvalue weighted by molar-refractivity contribution is 9.11. The maximum atomic E-state index is 3.49. The van der Waals surface area contributed by atoms with Gasteiger partial charge in [0.15, 0.2) is 0 Å². The average Bonchev–Trinajstić information content (AvgIpc) is 2.56. The minimum Gasteiger partial charge on any atom is -0.367 e. The van der Waals surface area contributed by atoms with E-state index in [1.165, 1.54) is 0 Å². The van der Waals surface area contributed by atoms with E-state index < -0.39 is 0 Å². The van der Waals surface area contributed by atoms with Gasteiger partial charge >= 0.3 is 0 Å². The molecule has 2 aromatic rings. The summed E-state index contributed by atoms with van der Waals surface area (Å²) < 4.78 is 2.07. The second kappa shape index (κ2) is 3.68. The van der Waals surface area contributed by atoms with Gasteiger partial charge in [-0.15, -0.1) is 0 Å². The third-order valence-corrected chi connectivity index (χ3v) is 2.83. The topological polar surface area (TPSA) is 15.8 Å². The first-order chi connectivity index (χ1) is 6.27. The van der Waals surface area contributed by atoms with Crippen molar-refractivity contribution in [2.24, 2.45) is 0 Å². The van der Waals surface area contributed by atoms with Crippen LogP contribution in [0.1, 0.15) is 0 Å². The summed E-state index contributed by atoms with van der Waals surface area (Å²) in [6.07, 6.45) is 3.85. The Morgan fingerprint density at radius 3 is 2.77 bits per heavy atom. The fourth-order valence-corrected chi connectivity index (χ4v) is 2.39. The molecule has 13 heavy (non-hydrogen) atoms. The first-order valence-electron chi connectivity index (χ1n) is 3.77. The minimum absolute atomic E-state index is 1.03. The summed E-state index contributed by atoms with van der Waals surface area (Å²) in [5.41, 5.74) is 2.21. The molecular weight excluding hydrogens is 294 g/mol. The van der Waals surface area contributed by atoms with E-state index in [4.69, 9.17) is 0 Å². The molecule has 0 bridgehead atoms. The second-order valence-corrected chi connectivity index (χ2v) is 4.41. The van der Waals surface area contributed by atoms with Gasteiger partial charge in [0.1, 0.15) is 0 Å². The molecule has 0 amide bonds. The van der Waals surface area contributed by atoms with Gasteiger partial charge in [0, 0.05) is 32.5 Å². The Bertz CT molecular complexity index is 407. The molecule has 1 heterocycles. The third kappa shape index (κ3) is 1.86. The van der Waals surface area contributed by atoms with Gasteiger partial charge in [0.05, 0.1) is 0 Å². The summed E-state index contributed by atoms with van der Waals surface area (Å²) in [5.74, 6) is 0. The normalized spacial score (nSPS) is 10.3. The summed E-state index contributed by atoms with van der Waals surface area (Å²) in [6, 6.07) is 9.13. The Labute approximate surface area is 93.4 Å². The molecular formula is C10H6Br2N. The van der Waals surface area contributed by atoms with E-state index in [0.717, 1.165) is 20.1 Å². The molecule has 1 N–H and O–H groups in total. The quantitative estimate of drug-likeness (QED) is 0.819. The fourth-order valence-electron chi connectivity index (χ4n) is 1.15. The van der Waals surface area contributed by atoms with Gasteiger partial charge < -0.3 is 4.98 Å². The maximum Gasteiger partial charge on any atom is 0.0271 e. The van der Waals surface area contributed by atoms with E-state index in [1.54, 1.807) is 0 Å². The molecule has 0 aliphatic carbocycles. The van der Waals surface area contributed by atoms with Gasteiger partial charge in [-0.05, 0) is 24.3 Å². The smallest absolute Gasteiger partial charge is 0.0271 e. The van der Waals surface area contributed by atoms with Crippen LogP contribution < -0.4 is 0 Å². The van der Waals surface area contributed by atoms with Crippen molar-refractivity contribution in [1.82, 2.24) is 4.98 Å². The monoisotopic (exact) mass is 298 g/mol. The van der Waals surface area contributed by atoms with Crippen LogP contribution >= 0.6 is 31.9 Å². The molecule has 65 valence electrons. The van der Waals surface area contributed by atoms with Crippen molar-refractivity contribution in [2.45, 2.75) is 0 Å². The van der Waals surface area contributed by atoms with Crippen LogP contribution in [-0.4, -0.2) is 4.98 Å². The number of halogens is 2. The van der Waals surface area contributed by atoms with Crippen LogP contribution in [0.5, 0.6) is 0 Å². The summed E-state index contributed by atoms with van der Waals surface area (Å²) in [5, 5.41) is 0. The van der Waals surface area contributed by atoms with Crippen LogP contribution in [0, 0.1) is 6.07 Å². The van der Waals surface area contributed by atoms with Crippen molar-refractivity contribution >= 4 is 31.9 Å². The number of benzene rings is 1. The predicted molar refractivity (Wildman–Crippen MR) is 60.5 cm³/mol. The lowest BCUT2D eigenvalue weighted by Gasteiger charge is -2.00. The average molecular weight is 300 g/mol. The van der Waals surface area contributed by atoms with Crippen molar-refractivity contribution in [2.75, 3.05) is 0 Å². The molecule has 0 fully saturated rings. The third-order valence-electron chi connectivity index (χ3n) is 1.74. The van der Waals surface area contributed by atoms with Gasteiger partial charge in [-0.25, -0.2) is 0 Å². The van der Waals surface area contributed by atoms with E-state index in [2.05, 4.69) is 42.9 Å². The molecule has 1 nitrogen and oxygen atoms in total. The van der Waals surface area contributed by atoms with Gasteiger partial charge in [0.25, 0.3) is 0 Å². The van der Waals surface area contributed by atoms with Crippen LogP contribution in [0.4, 0.5) is 0 Å². The molecule has 0 saturated carbocycles. The molecule has 2 rings (SSSR count). The van der Waals surface area contributed by atoms with Gasteiger partial charge in [0.2, 0.25) is 0 Å². The second-order valence-electron chi connectivity index (χ2n) is 2.64. The lowest BCUT2D eigenvalue weighted by atomic mass is 10.1. The van der Waals surface area contributed by atoms with Crippen molar-refractivity contribution in [3.8, 4) is 11.1 Å². The van der Waals surface area contributed by atoms with Crippen molar-refractivity contribution in [3.05, 3.63) is 45.6 Å². The predicted octanol–water partition coefficient (Wildman–Crippen LogP) is 4.01. The van der Waals surface area contributed by atoms with Crippen LogP contribution in [0.15, 0.2) is 39.5 Å². The van der Waals surface area contributed by atoms with E-state index in [0.29, 0.717) is 0 Å². The summed E-state index contributed by atoms with van der Waals surface area (Å²) in [6.45, 7) is 0. The maximum absolute atomic E-state index is 3.49. The molecule has 0 aliphatic rings. The summed E-state index contributed by atoms with van der Waals surface area (Å²) >= 11 is 6.88. The van der Waals surface area contributed by atoms with Crippen molar-refractivity contribution in [3.63, 3.8) is 0 Å². The van der Waals surface area contributed by atoms with Crippen LogP contribution in [0.2, 0.25) is 0 Å². The van der Waals surface area contributed by atoms with Crippen molar-refractivity contribution in [1.29, 1.82) is 0 Å². The zero-order valence-electron chi connectivity index (χ0n) is 6.64. The SMILES string of the molecule is Brc1c[c]c(-c2cc[nH]c2)c(Br)c1. The van der Waals surface area contributed by atoms with E-state index >= 15 is 0 Å². The molecule has 0 spiro atoms. The number of rotatable bonds is 1. The van der Waals surface area contributed by atoms with E-state index in [-0.39, 0.29) is 0 Å². The minimum atomic E-state index is 1.03. The number of H-pyrrole nitrogens is 1. The Kier molecular flexibility index (Phi) is 2.56.